The van der Waals surface area contributed by atoms with Gasteiger partial charge in [0, 0.05) is 10.9 Å². The van der Waals surface area contributed by atoms with Gasteiger partial charge < -0.3 is 4.74 Å². The highest BCUT2D eigenvalue weighted by Crippen LogP contribution is 2.49. The van der Waals surface area contributed by atoms with Crippen molar-refractivity contribution < 1.29 is 4.74 Å². The lowest BCUT2D eigenvalue weighted by Crippen LogP contribution is -1.98. The number of ether oxygens (including phenoxy) is 1. The molecule has 0 spiro atoms. The number of benzene rings is 9. The van der Waals surface area contributed by atoms with E-state index in [1.165, 1.54) is 82.0 Å². The summed E-state index contributed by atoms with van der Waals surface area (Å²) in [7, 11) is 0. The van der Waals surface area contributed by atoms with Crippen LogP contribution in [0.1, 0.15) is 0 Å². The van der Waals surface area contributed by atoms with Crippen molar-refractivity contribution >= 4 is 43.1 Å². The summed E-state index contributed by atoms with van der Waals surface area (Å²) in [4.78, 5) is 0. The predicted octanol–water partition coefficient (Wildman–Crippen LogP) is 12.5. The Labute approximate surface area is 260 Å². The van der Waals surface area contributed by atoms with Crippen LogP contribution in [0, 0.1) is 0 Å². The topological polar surface area (TPSA) is 9.23 Å². The molecule has 1 heterocycles. The number of hydrogen-bond donors (Lipinski definition) is 0. The van der Waals surface area contributed by atoms with Gasteiger partial charge in [0.05, 0.1) is 0 Å². The summed E-state index contributed by atoms with van der Waals surface area (Å²) >= 11 is 0. The van der Waals surface area contributed by atoms with E-state index in [2.05, 4.69) is 158 Å². The maximum Gasteiger partial charge on any atom is 0.135 e. The maximum atomic E-state index is 6.50. The third-order valence-electron chi connectivity index (χ3n) is 9.63. The molecule has 0 N–H and O–H groups in total. The molecule has 0 radical (unpaired) electrons. The minimum atomic E-state index is 0.900. The van der Waals surface area contributed by atoms with Gasteiger partial charge in [0.2, 0.25) is 0 Å². The normalized spacial score (nSPS) is 12.2. The Morgan fingerprint density at radius 1 is 0.289 bits per heavy atom. The zero-order valence-corrected chi connectivity index (χ0v) is 24.4. The Hall–Kier alpha value is -5.92. The molecule has 9 aromatic rings. The van der Waals surface area contributed by atoms with Crippen LogP contribution in [0.3, 0.4) is 0 Å². The lowest BCUT2D eigenvalue weighted by atomic mass is 9.88. The van der Waals surface area contributed by atoms with Crippen LogP contribution >= 0.6 is 0 Å². The van der Waals surface area contributed by atoms with Crippen LogP contribution in [0.15, 0.2) is 158 Å². The molecule has 0 amide bonds. The molecule has 0 saturated carbocycles. The Morgan fingerprint density at radius 3 is 1.71 bits per heavy atom. The predicted molar refractivity (Wildman–Crippen MR) is 189 cm³/mol. The molecule has 45 heavy (non-hydrogen) atoms. The first-order valence-corrected chi connectivity index (χ1v) is 15.5. The quantitative estimate of drug-likeness (QED) is 0.192. The highest BCUT2D eigenvalue weighted by Gasteiger charge is 2.22. The first-order chi connectivity index (χ1) is 22.3. The van der Waals surface area contributed by atoms with Crippen LogP contribution < -0.4 is 4.74 Å². The molecule has 0 atom stereocenters. The maximum absolute atomic E-state index is 6.50. The molecule has 208 valence electrons. The van der Waals surface area contributed by atoms with Gasteiger partial charge in [-0.25, -0.2) is 0 Å². The second-order valence-corrected chi connectivity index (χ2v) is 12.1. The first-order valence-electron chi connectivity index (χ1n) is 15.5. The van der Waals surface area contributed by atoms with Crippen LogP contribution in [0.25, 0.3) is 87.6 Å². The van der Waals surface area contributed by atoms with E-state index in [0.717, 1.165) is 17.1 Å². The van der Waals surface area contributed by atoms with Crippen molar-refractivity contribution in [2.24, 2.45) is 0 Å². The van der Waals surface area contributed by atoms with Gasteiger partial charge in [-0.1, -0.05) is 140 Å². The SMILES string of the molecule is c1ccc(-c2ccc3c4c(cccc24)-c2cc(-c4ccc(-c5ccc6ccc7cccc8ccc5c6c78)cc4)ccc2O3)cc1. The summed E-state index contributed by atoms with van der Waals surface area (Å²) in [5, 5.41) is 10.3. The molecule has 0 unspecified atom stereocenters. The molecular formula is C44H26O. The van der Waals surface area contributed by atoms with Crippen molar-refractivity contribution in [1.82, 2.24) is 0 Å². The van der Waals surface area contributed by atoms with Gasteiger partial charge in [-0.3, -0.25) is 0 Å². The van der Waals surface area contributed by atoms with Gasteiger partial charge in [0.25, 0.3) is 0 Å². The average molecular weight is 571 g/mol. The fourth-order valence-electron chi connectivity index (χ4n) is 7.51. The van der Waals surface area contributed by atoms with E-state index in [9.17, 15) is 0 Å². The molecule has 10 rings (SSSR count). The third kappa shape index (κ3) is 3.62. The Morgan fingerprint density at radius 2 is 0.889 bits per heavy atom. The van der Waals surface area contributed by atoms with Crippen molar-refractivity contribution in [3.63, 3.8) is 0 Å². The standard InChI is InChI=1S/C44H26O/c1-2-6-28(7-3-1)35-23-25-41-44-36(35)10-5-11-37(44)39-26-33(20-24-40(39)45-41)27-12-14-29(15-13-27)34-21-18-32-17-16-30-8-4-9-31-19-22-38(34)43(32)42(30)31/h1-26H. The van der Waals surface area contributed by atoms with Crippen molar-refractivity contribution in [2.75, 3.05) is 0 Å². The van der Waals surface area contributed by atoms with Gasteiger partial charge in [0.1, 0.15) is 11.5 Å². The zero-order valence-electron chi connectivity index (χ0n) is 24.4. The minimum absolute atomic E-state index is 0.900. The fraction of sp³-hybridized carbons (Fsp3) is 0. The second kappa shape index (κ2) is 9.29. The largest absolute Gasteiger partial charge is 0.456 e. The van der Waals surface area contributed by atoms with E-state index >= 15 is 0 Å². The lowest BCUT2D eigenvalue weighted by molar-refractivity contribution is 0.487. The van der Waals surface area contributed by atoms with Crippen LogP contribution in [0.4, 0.5) is 0 Å². The summed E-state index contributed by atoms with van der Waals surface area (Å²) < 4.78 is 6.50. The highest BCUT2D eigenvalue weighted by atomic mass is 16.5. The Balaban J connectivity index is 1.07. The second-order valence-electron chi connectivity index (χ2n) is 12.1. The van der Waals surface area contributed by atoms with Crippen LogP contribution in [-0.4, -0.2) is 0 Å². The zero-order chi connectivity index (χ0) is 29.5. The van der Waals surface area contributed by atoms with Crippen LogP contribution in [0.2, 0.25) is 0 Å². The van der Waals surface area contributed by atoms with Gasteiger partial charge in [0.15, 0.2) is 0 Å². The van der Waals surface area contributed by atoms with E-state index in [-0.39, 0.29) is 0 Å². The van der Waals surface area contributed by atoms with Crippen molar-refractivity contribution in [3.8, 4) is 56.0 Å². The van der Waals surface area contributed by atoms with E-state index in [1.54, 1.807) is 0 Å². The van der Waals surface area contributed by atoms with E-state index in [4.69, 9.17) is 4.74 Å². The van der Waals surface area contributed by atoms with Gasteiger partial charge in [-0.15, -0.1) is 0 Å². The summed E-state index contributed by atoms with van der Waals surface area (Å²) in [6.45, 7) is 0. The summed E-state index contributed by atoms with van der Waals surface area (Å²) in [6, 6.07) is 57.3. The summed E-state index contributed by atoms with van der Waals surface area (Å²) in [5.41, 5.74) is 9.65. The average Bonchev–Trinajstić information content (AvgIpc) is 3.11. The summed E-state index contributed by atoms with van der Waals surface area (Å²) in [6.07, 6.45) is 0. The molecular weight excluding hydrogens is 544 g/mol. The Kier molecular flexibility index (Phi) is 5.06. The van der Waals surface area contributed by atoms with E-state index in [0.29, 0.717) is 0 Å². The lowest BCUT2D eigenvalue weighted by Gasteiger charge is -2.23. The van der Waals surface area contributed by atoms with Gasteiger partial charge >= 0.3 is 0 Å². The van der Waals surface area contributed by atoms with E-state index in [1.807, 2.05) is 0 Å². The first kappa shape index (κ1) is 24.5. The van der Waals surface area contributed by atoms with Gasteiger partial charge in [-0.2, -0.15) is 0 Å². The molecule has 0 bridgehead atoms. The highest BCUT2D eigenvalue weighted by molar-refractivity contribution is 6.25. The van der Waals surface area contributed by atoms with Crippen LogP contribution in [-0.2, 0) is 0 Å². The Bertz CT molecular complexity index is 2580. The molecule has 0 aromatic heterocycles. The van der Waals surface area contributed by atoms with Crippen molar-refractivity contribution in [1.29, 1.82) is 0 Å². The molecule has 0 saturated heterocycles. The molecule has 1 aliphatic heterocycles. The third-order valence-corrected chi connectivity index (χ3v) is 9.63. The van der Waals surface area contributed by atoms with Gasteiger partial charge in [-0.05, 0) is 94.8 Å². The van der Waals surface area contributed by atoms with E-state index < -0.39 is 0 Å². The van der Waals surface area contributed by atoms with Crippen molar-refractivity contribution in [3.05, 3.63) is 158 Å². The molecule has 1 nitrogen and oxygen atoms in total. The molecule has 1 heteroatoms. The van der Waals surface area contributed by atoms with Crippen molar-refractivity contribution in [2.45, 2.75) is 0 Å². The monoisotopic (exact) mass is 570 g/mol. The smallest absolute Gasteiger partial charge is 0.135 e. The molecule has 0 fully saturated rings. The molecule has 9 aromatic carbocycles. The molecule has 1 aliphatic rings. The summed E-state index contributed by atoms with van der Waals surface area (Å²) in [5.74, 6) is 1.81. The fourth-order valence-corrected chi connectivity index (χ4v) is 7.51. The molecule has 0 aliphatic carbocycles. The number of fused-ring (bicyclic) bond motifs is 2. The minimum Gasteiger partial charge on any atom is -0.456 e. The number of hydrogen-bond acceptors (Lipinski definition) is 1. The van der Waals surface area contributed by atoms with Crippen LogP contribution in [0.5, 0.6) is 11.5 Å². The number of rotatable bonds is 3.